The standard InChI is InChI=1S/C4H8NPS2/c1-3-7-6-5(1)2-4-8-6/h1-4H2. The van der Waals surface area contributed by atoms with Crippen LogP contribution in [0.2, 0.25) is 0 Å². The fraction of sp³-hybridized carbons (Fsp3) is 1.00. The van der Waals surface area contributed by atoms with Crippen molar-refractivity contribution < 1.29 is 0 Å². The predicted molar refractivity (Wildman–Crippen MR) is 43.4 cm³/mol. The minimum Gasteiger partial charge on any atom is -0.264 e. The molecule has 0 atom stereocenters. The van der Waals surface area contributed by atoms with E-state index in [1.807, 2.05) is 0 Å². The van der Waals surface area contributed by atoms with Crippen molar-refractivity contribution in [2.24, 2.45) is 0 Å². The van der Waals surface area contributed by atoms with Crippen molar-refractivity contribution in [3.05, 3.63) is 0 Å². The minimum absolute atomic E-state index is 0.274. The van der Waals surface area contributed by atoms with Crippen molar-refractivity contribution in [1.82, 2.24) is 4.67 Å². The van der Waals surface area contributed by atoms with Gasteiger partial charge < -0.3 is 0 Å². The molecule has 8 heavy (non-hydrogen) atoms. The molecule has 0 aliphatic carbocycles. The van der Waals surface area contributed by atoms with Gasteiger partial charge >= 0.3 is 0 Å². The van der Waals surface area contributed by atoms with Crippen LogP contribution in [0.5, 0.6) is 0 Å². The summed E-state index contributed by atoms with van der Waals surface area (Å²) < 4.78 is 2.63. The number of fused-ring (bicyclic) bond motifs is 1. The molecule has 2 aliphatic heterocycles. The Morgan fingerprint density at radius 2 is 1.75 bits per heavy atom. The zero-order valence-electron chi connectivity index (χ0n) is 4.54. The van der Waals surface area contributed by atoms with Gasteiger partial charge in [-0.2, -0.15) is 0 Å². The van der Waals surface area contributed by atoms with Crippen LogP contribution in [-0.4, -0.2) is 29.3 Å². The van der Waals surface area contributed by atoms with Gasteiger partial charge in [-0.25, -0.2) is 0 Å². The summed E-state index contributed by atoms with van der Waals surface area (Å²) in [4.78, 5) is 0. The number of hydrogen-bond acceptors (Lipinski definition) is 3. The molecule has 0 saturated carbocycles. The van der Waals surface area contributed by atoms with Crippen LogP contribution in [0.15, 0.2) is 0 Å². The van der Waals surface area contributed by atoms with Gasteiger partial charge in [0.25, 0.3) is 0 Å². The van der Waals surface area contributed by atoms with Crippen LogP contribution in [0.3, 0.4) is 0 Å². The summed E-state index contributed by atoms with van der Waals surface area (Å²) in [6.07, 6.45) is 0. The summed E-state index contributed by atoms with van der Waals surface area (Å²) in [7, 11) is 0. The van der Waals surface area contributed by atoms with E-state index in [9.17, 15) is 0 Å². The van der Waals surface area contributed by atoms with Crippen LogP contribution in [0, 0.1) is 0 Å². The Kier molecular flexibility index (Phi) is 1.73. The van der Waals surface area contributed by atoms with E-state index in [1.54, 1.807) is 0 Å². The van der Waals surface area contributed by atoms with Crippen LogP contribution in [0.25, 0.3) is 0 Å². The molecular formula is C4H8NPS2. The van der Waals surface area contributed by atoms with Gasteiger partial charge in [0.1, 0.15) is 0 Å². The Morgan fingerprint density at radius 1 is 1.12 bits per heavy atom. The maximum Gasteiger partial charge on any atom is 0.0876 e. The van der Waals surface area contributed by atoms with Crippen LogP contribution < -0.4 is 0 Å². The lowest BCUT2D eigenvalue weighted by molar-refractivity contribution is 0.543. The highest BCUT2D eigenvalue weighted by Crippen LogP contribution is 2.69. The van der Waals surface area contributed by atoms with Crippen LogP contribution in [0.4, 0.5) is 0 Å². The third kappa shape index (κ3) is 0.900. The molecule has 1 nitrogen and oxygen atoms in total. The van der Waals surface area contributed by atoms with Gasteiger partial charge in [0.15, 0.2) is 0 Å². The molecule has 0 N–H and O–H groups in total. The van der Waals surface area contributed by atoms with E-state index in [4.69, 9.17) is 0 Å². The van der Waals surface area contributed by atoms with E-state index in [-0.39, 0.29) is 6.48 Å². The van der Waals surface area contributed by atoms with Crippen LogP contribution in [0.1, 0.15) is 0 Å². The zero-order valence-corrected chi connectivity index (χ0v) is 7.07. The first kappa shape index (κ1) is 5.84. The first-order valence-electron chi connectivity index (χ1n) is 2.77. The van der Waals surface area contributed by atoms with Crippen molar-refractivity contribution >= 4 is 29.2 Å². The van der Waals surface area contributed by atoms with Gasteiger partial charge in [0, 0.05) is 24.6 Å². The summed E-state index contributed by atoms with van der Waals surface area (Å²) in [5.41, 5.74) is 0. The predicted octanol–water partition coefficient (Wildman–Crippen LogP) is 2.01. The van der Waals surface area contributed by atoms with Crippen molar-refractivity contribution in [3.63, 3.8) is 0 Å². The van der Waals surface area contributed by atoms with Crippen molar-refractivity contribution in [3.8, 4) is 0 Å². The molecular weight excluding hydrogens is 157 g/mol. The summed E-state index contributed by atoms with van der Waals surface area (Å²) in [6.45, 7) is 3.00. The SMILES string of the molecule is C1CN2CCSP2S1. The molecule has 2 saturated heterocycles. The summed E-state index contributed by atoms with van der Waals surface area (Å²) in [6, 6.07) is 0. The van der Waals surface area contributed by atoms with Crippen molar-refractivity contribution in [1.29, 1.82) is 0 Å². The molecule has 2 rings (SSSR count). The topological polar surface area (TPSA) is 3.24 Å². The fourth-order valence-electron chi connectivity index (χ4n) is 0.924. The first-order chi connectivity index (χ1) is 3.97. The molecule has 4 heteroatoms. The molecule has 2 aliphatic rings. The van der Waals surface area contributed by atoms with Gasteiger partial charge in [-0.05, 0) is 0 Å². The monoisotopic (exact) mass is 165 g/mol. The quantitative estimate of drug-likeness (QED) is 0.505. The third-order valence-corrected chi connectivity index (χ3v) is 9.07. The highest BCUT2D eigenvalue weighted by molar-refractivity contribution is 8.88. The molecule has 46 valence electrons. The Balaban J connectivity index is 2.04. The molecule has 0 bridgehead atoms. The van der Waals surface area contributed by atoms with Gasteiger partial charge in [0.05, 0.1) is 6.48 Å². The average molecular weight is 165 g/mol. The van der Waals surface area contributed by atoms with Crippen LogP contribution in [-0.2, 0) is 0 Å². The van der Waals surface area contributed by atoms with E-state index in [1.165, 1.54) is 24.6 Å². The Labute approximate surface area is 58.9 Å². The zero-order chi connectivity index (χ0) is 5.40. The molecule has 0 aromatic rings. The lowest BCUT2D eigenvalue weighted by atomic mass is 10.6. The molecule has 0 spiro atoms. The van der Waals surface area contributed by atoms with Gasteiger partial charge in [0.2, 0.25) is 0 Å². The molecule has 2 fully saturated rings. The van der Waals surface area contributed by atoms with Gasteiger partial charge in [-0.3, -0.25) is 4.67 Å². The number of rotatable bonds is 0. The van der Waals surface area contributed by atoms with Crippen molar-refractivity contribution in [2.75, 3.05) is 24.6 Å². The second-order valence-electron chi connectivity index (χ2n) is 1.86. The largest absolute Gasteiger partial charge is 0.264 e. The number of nitrogens with zero attached hydrogens (tertiary/aromatic N) is 1. The Hall–Kier alpha value is 1.09. The van der Waals surface area contributed by atoms with Crippen molar-refractivity contribution in [2.45, 2.75) is 0 Å². The average Bonchev–Trinajstić information content (AvgIpc) is 2.15. The van der Waals surface area contributed by atoms with E-state index in [0.717, 1.165) is 0 Å². The van der Waals surface area contributed by atoms with Gasteiger partial charge in [-0.1, -0.05) is 0 Å². The second-order valence-corrected chi connectivity index (χ2v) is 8.55. The maximum absolute atomic E-state index is 2.63. The highest BCUT2D eigenvalue weighted by Gasteiger charge is 2.30. The van der Waals surface area contributed by atoms with E-state index >= 15 is 0 Å². The molecule has 0 amide bonds. The summed E-state index contributed by atoms with van der Waals surface area (Å²) >= 11 is 4.33. The van der Waals surface area contributed by atoms with E-state index < -0.39 is 0 Å². The summed E-state index contributed by atoms with van der Waals surface area (Å²) in [5, 5.41) is 0. The van der Waals surface area contributed by atoms with Gasteiger partial charge in [-0.15, -0.1) is 22.8 Å². The molecule has 2 heterocycles. The Bertz CT molecular complexity index is 80.0. The molecule has 0 aromatic heterocycles. The van der Waals surface area contributed by atoms with E-state index in [2.05, 4.69) is 27.4 Å². The lowest BCUT2D eigenvalue weighted by Crippen LogP contribution is -2.11. The third-order valence-electron chi connectivity index (χ3n) is 1.33. The minimum atomic E-state index is 0.274. The maximum atomic E-state index is 2.63. The lowest BCUT2D eigenvalue weighted by Gasteiger charge is -2.08. The number of hydrogen-bond donors (Lipinski definition) is 0. The first-order valence-corrected chi connectivity index (χ1v) is 7.25. The smallest absolute Gasteiger partial charge is 0.0876 e. The normalized spacial score (nSPS) is 31.5. The highest BCUT2D eigenvalue weighted by atomic mass is 33.1. The second kappa shape index (κ2) is 2.37. The molecule has 0 aromatic carbocycles. The summed E-state index contributed by atoms with van der Waals surface area (Å²) in [5.74, 6) is 2.78. The molecule has 0 radical (unpaired) electrons. The van der Waals surface area contributed by atoms with Crippen LogP contribution >= 0.6 is 29.2 Å². The fourth-order valence-corrected chi connectivity index (χ4v) is 8.66. The Morgan fingerprint density at radius 3 is 2.25 bits per heavy atom. The van der Waals surface area contributed by atoms with E-state index in [0.29, 0.717) is 0 Å². The molecule has 0 unspecified atom stereocenters.